The topological polar surface area (TPSA) is 50.7 Å². The van der Waals surface area contributed by atoms with Gasteiger partial charge in [0, 0.05) is 4.47 Å². The van der Waals surface area contributed by atoms with Crippen molar-refractivity contribution in [1.29, 1.82) is 0 Å². The van der Waals surface area contributed by atoms with Crippen molar-refractivity contribution in [3.05, 3.63) is 69.8 Å². The molecule has 1 N–H and O–H groups in total. The second-order valence-corrected chi connectivity index (χ2v) is 5.62. The number of nitrogens with one attached hydrogen (secondary N) is 1. The summed E-state index contributed by atoms with van der Waals surface area (Å²) in [4.78, 5) is 16.5. The Morgan fingerprint density at radius 3 is 2.77 bits per heavy atom. The van der Waals surface area contributed by atoms with Crippen LogP contribution in [0.2, 0.25) is 0 Å². The van der Waals surface area contributed by atoms with E-state index in [4.69, 9.17) is 4.74 Å². The van der Waals surface area contributed by atoms with Crippen molar-refractivity contribution in [2.75, 3.05) is 7.11 Å². The number of para-hydroxylation sites is 1. The summed E-state index contributed by atoms with van der Waals surface area (Å²) in [7, 11) is 1.59. The van der Waals surface area contributed by atoms with Gasteiger partial charge in [0.15, 0.2) is 0 Å². The first-order chi connectivity index (χ1) is 10.7. The minimum atomic E-state index is -0.221. The van der Waals surface area contributed by atoms with E-state index in [1.54, 1.807) is 13.2 Å². The molecule has 0 aliphatic carbocycles. The number of benzene rings is 2. The van der Waals surface area contributed by atoms with E-state index in [0.717, 1.165) is 15.6 Å². The first kappa shape index (κ1) is 14.5. The fourth-order valence-electron chi connectivity index (χ4n) is 2.19. The summed E-state index contributed by atoms with van der Waals surface area (Å²) in [6.07, 6.45) is 1.75. The predicted octanol–water partition coefficient (Wildman–Crippen LogP) is 3.38. The lowest BCUT2D eigenvalue weighted by Gasteiger charge is -2.06. The van der Waals surface area contributed by atoms with Gasteiger partial charge in [0.25, 0.3) is 5.91 Å². The van der Waals surface area contributed by atoms with Crippen LogP contribution >= 0.6 is 15.9 Å². The van der Waals surface area contributed by atoms with Crippen molar-refractivity contribution in [3.8, 4) is 5.75 Å². The molecule has 0 aromatic heterocycles. The van der Waals surface area contributed by atoms with Gasteiger partial charge in [-0.1, -0.05) is 40.2 Å². The third-order valence-electron chi connectivity index (χ3n) is 3.21. The van der Waals surface area contributed by atoms with Crippen molar-refractivity contribution in [2.24, 2.45) is 4.99 Å². The van der Waals surface area contributed by atoms with Crippen molar-refractivity contribution < 1.29 is 9.53 Å². The fraction of sp³-hybridized carbons (Fsp3) is 0.0588. The number of ether oxygens (including phenoxy) is 1. The van der Waals surface area contributed by atoms with Crippen LogP contribution in [0.3, 0.4) is 0 Å². The number of halogens is 1. The Kier molecular flexibility index (Phi) is 4.06. The molecule has 0 atom stereocenters. The van der Waals surface area contributed by atoms with Crippen molar-refractivity contribution in [3.63, 3.8) is 0 Å². The lowest BCUT2D eigenvalue weighted by Crippen LogP contribution is -2.25. The van der Waals surface area contributed by atoms with Crippen LogP contribution in [-0.4, -0.2) is 18.9 Å². The summed E-state index contributed by atoms with van der Waals surface area (Å²) in [6, 6.07) is 15.1. The smallest absolute Gasteiger partial charge is 0.275 e. The van der Waals surface area contributed by atoms with Crippen LogP contribution in [0.5, 0.6) is 5.75 Å². The second kappa shape index (κ2) is 6.15. The van der Waals surface area contributed by atoms with Crippen LogP contribution in [-0.2, 0) is 4.79 Å². The predicted molar refractivity (Wildman–Crippen MR) is 89.8 cm³/mol. The third-order valence-corrected chi connectivity index (χ3v) is 3.70. The molecular formula is C17H13BrN2O2. The first-order valence-electron chi connectivity index (χ1n) is 6.68. The summed E-state index contributed by atoms with van der Waals surface area (Å²) in [5.41, 5.74) is 2.04. The molecule has 2 aromatic rings. The number of hydrogen-bond acceptors (Lipinski definition) is 3. The minimum Gasteiger partial charge on any atom is -0.496 e. The zero-order chi connectivity index (χ0) is 15.5. The van der Waals surface area contributed by atoms with Gasteiger partial charge in [0.05, 0.1) is 12.7 Å². The second-order valence-electron chi connectivity index (χ2n) is 4.70. The highest BCUT2D eigenvalue weighted by atomic mass is 79.9. The normalized spacial score (nSPS) is 15.6. The Morgan fingerprint density at radius 2 is 2.00 bits per heavy atom. The Labute approximate surface area is 136 Å². The van der Waals surface area contributed by atoms with Gasteiger partial charge in [-0.2, -0.15) is 0 Å². The monoisotopic (exact) mass is 356 g/mol. The van der Waals surface area contributed by atoms with E-state index < -0.39 is 0 Å². The van der Waals surface area contributed by atoms with Crippen LogP contribution in [0.4, 0.5) is 0 Å². The molecule has 0 spiro atoms. The summed E-state index contributed by atoms with van der Waals surface area (Å²) in [6.45, 7) is 0. The van der Waals surface area contributed by atoms with Gasteiger partial charge >= 0.3 is 0 Å². The lowest BCUT2D eigenvalue weighted by atomic mass is 10.2. The van der Waals surface area contributed by atoms with E-state index >= 15 is 0 Å². The molecular weight excluding hydrogens is 344 g/mol. The van der Waals surface area contributed by atoms with Crippen LogP contribution in [0.25, 0.3) is 6.08 Å². The maximum absolute atomic E-state index is 12.1. The number of amides is 1. The highest BCUT2D eigenvalue weighted by Gasteiger charge is 2.23. The van der Waals surface area contributed by atoms with Gasteiger partial charge in [0.2, 0.25) is 0 Å². The molecule has 110 valence electrons. The average molecular weight is 357 g/mol. The number of methoxy groups -OCH3 is 1. The Hall–Kier alpha value is -2.40. The zero-order valence-corrected chi connectivity index (χ0v) is 13.4. The Morgan fingerprint density at radius 1 is 1.18 bits per heavy atom. The number of carbonyl (C=O) groups excluding carboxylic acids is 1. The molecule has 0 radical (unpaired) electrons. The molecule has 4 nitrogen and oxygen atoms in total. The summed E-state index contributed by atoms with van der Waals surface area (Å²) in [5, 5.41) is 2.78. The Bertz CT molecular complexity index is 797. The van der Waals surface area contributed by atoms with E-state index in [0.29, 0.717) is 17.3 Å². The summed E-state index contributed by atoms with van der Waals surface area (Å²) in [5.74, 6) is 0.954. The largest absolute Gasteiger partial charge is 0.496 e. The molecule has 1 aliphatic heterocycles. The van der Waals surface area contributed by atoms with E-state index in [1.165, 1.54) is 0 Å². The molecule has 0 unspecified atom stereocenters. The van der Waals surface area contributed by atoms with E-state index in [1.807, 2.05) is 48.5 Å². The molecule has 0 saturated carbocycles. The number of carbonyl (C=O) groups is 1. The van der Waals surface area contributed by atoms with Crippen molar-refractivity contribution in [2.45, 2.75) is 0 Å². The highest BCUT2D eigenvalue weighted by Crippen LogP contribution is 2.22. The van der Waals surface area contributed by atoms with Crippen LogP contribution in [0.1, 0.15) is 11.1 Å². The molecule has 2 aromatic carbocycles. The van der Waals surface area contributed by atoms with Gasteiger partial charge < -0.3 is 10.1 Å². The standard InChI is InChI=1S/C17H13BrN2O2/c1-22-15-8-3-2-7-13(15)16-19-14(17(21)20-16)10-11-5-4-6-12(18)9-11/h2-10H,1H3,(H,19,20,21)/b14-10+. The number of nitrogens with zero attached hydrogens (tertiary/aromatic N) is 1. The van der Waals surface area contributed by atoms with Gasteiger partial charge in [-0.3, -0.25) is 4.79 Å². The van der Waals surface area contributed by atoms with Crippen LogP contribution < -0.4 is 10.1 Å². The lowest BCUT2D eigenvalue weighted by molar-refractivity contribution is -0.115. The maximum atomic E-state index is 12.1. The molecule has 0 saturated heterocycles. The maximum Gasteiger partial charge on any atom is 0.275 e. The van der Waals surface area contributed by atoms with E-state index in [9.17, 15) is 4.79 Å². The van der Waals surface area contributed by atoms with Gasteiger partial charge in [-0.15, -0.1) is 0 Å². The molecule has 5 heteroatoms. The number of rotatable bonds is 3. The van der Waals surface area contributed by atoms with Gasteiger partial charge in [-0.25, -0.2) is 4.99 Å². The minimum absolute atomic E-state index is 0.221. The molecule has 1 aliphatic rings. The Balaban J connectivity index is 1.98. The molecule has 0 bridgehead atoms. The molecule has 0 fully saturated rings. The van der Waals surface area contributed by atoms with Crippen molar-refractivity contribution >= 4 is 33.7 Å². The van der Waals surface area contributed by atoms with Crippen LogP contribution in [0.15, 0.2) is 63.7 Å². The molecule has 3 rings (SSSR count). The van der Waals surface area contributed by atoms with E-state index in [-0.39, 0.29) is 5.91 Å². The van der Waals surface area contributed by atoms with E-state index in [2.05, 4.69) is 26.2 Å². The third kappa shape index (κ3) is 2.94. The number of amidine groups is 1. The first-order valence-corrected chi connectivity index (χ1v) is 7.47. The van der Waals surface area contributed by atoms with Crippen molar-refractivity contribution in [1.82, 2.24) is 5.32 Å². The van der Waals surface area contributed by atoms with Gasteiger partial charge in [0.1, 0.15) is 17.3 Å². The quantitative estimate of drug-likeness (QED) is 0.857. The molecule has 1 amide bonds. The molecule has 1 heterocycles. The number of hydrogen-bond donors (Lipinski definition) is 1. The summed E-state index contributed by atoms with van der Waals surface area (Å²) < 4.78 is 6.26. The van der Waals surface area contributed by atoms with Gasteiger partial charge in [-0.05, 0) is 35.9 Å². The summed E-state index contributed by atoms with van der Waals surface area (Å²) >= 11 is 3.41. The van der Waals surface area contributed by atoms with Crippen LogP contribution in [0, 0.1) is 0 Å². The highest BCUT2D eigenvalue weighted by molar-refractivity contribution is 9.10. The zero-order valence-electron chi connectivity index (χ0n) is 11.8. The average Bonchev–Trinajstić information content (AvgIpc) is 2.88. The molecule has 22 heavy (non-hydrogen) atoms. The number of aliphatic imine (C=N–C) groups is 1. The SMILES string of the molecule is COc1ccccc1C1=N/C(=C/c2cccc(Br)c2)C(=O)N1. The fourth-order valence-corrected chi connectivity index (χ4v) is 2.61.